The molecule has 0 spiro atoms. The second kappa shape index (κ2) is 6.01. The van der Waals surface area contributed by atoms with Crippen LogP contribution in [0, 0.1) is 0 Å². The van der Waals surface area contributed by atoms with Gasteiger partial charge >= 0.3 is 0 Å². The number of carbonyl (C=O) groups excluding carboxylic acids is 1. The van der Waals surface area contributed by atoms with Crippen molar-refractivity contribution in [2.45, 2.75) is 19.9 Å². The molecule has 0 aliphatic rings. The predicted octanol–water partition coefficient (Wildman–Crippen LogP) is 3.24. The van der Waals surface area contributed by atoms with Gasteiger partial charge < -0.3 is 5.32 Å². The van der Waals surface area contributed by atoms with Crippen LogP contribution in [0.25, 0.3) is 21.3 Å². The van der Waals surface area contributed by atoms with Gasteiger partial charge in [-0.05, 0) is 30.2 Å². The van der Waals surface area contributed by atoms with Crippen LogP contribution in [0.5, 0.6) is 0 Å². The Morgan fingerprint density at radius 3 is 2.96 bits per heavy atom. The average molecular weight is 337 g/mol. The third-order valence-corrected chi connectivity index (χ3v) is 4.78. The largest absolute Gasteiger partial charge is 0.300 e. The first-order valence-electron chi connectivity index (χ1n) is 7.71. The van der Waals surface area contributed by atoms with E-state index in [1.807, 2.05) is 36.4 Å². The lowest BCUT2D eigenvalue weighted by molar-refractivity contribution is -0.116. The molecule has 7 heteroatoms. The number of thiazole rings is 1. The van der Waals surface area contributed by atoms with E-state index in [1.165, 1.54) is 16.9 Å². The lowest BCUT2D eigenvalue weighted by atomic mass is 10.1. The van der Waals surface area contributed by atoms with Gasteiger partial charge in [0.15, 0.2) is 5.13 Å². The van der Waals surface area contributed by atoms with E-state index in [-0.39, 0.29) is 12.5 Å². The van der Waals surface area contributed by atoms with E-state index in [0.29, 0.717) is 5.13 Å². The molecule has 0 bridgehead atoms. The van der Waals surface area contributed by atoms with Crippen molar-refractivity contribution < 1.29 is 4.79 Å². The van der Waals surface area contributed by atoms with Crippen molar-refractivity contribution in [3.63, 3.8) is 0 Å². The summed E-state index contributed by atoms with van der Waals surface area (Å²) in [6, 6.07) is 13.7. The molecule has 4 aromatic rings. The summed E-state index contributed by atoms with van der Waals surface area (Å²) in [6.45, 7) is 2.21. The zero-order chi connectivity index (χ0) is 16.5. The van der Waals surface area contributed by atoms with Gasteiger partial charge in [-0.25, -0.2) is 9.67 Å². The number of benzene rings is 2. The number of carbonyl (C=O) groups is 1. The van der Waals surface area contributed by atoms with E-state index in [2.05, 4.69) is 33.6 Å². The van der Waals surface area contributed by atoms with Gasteiger partial charge in [0.1, 0.15) is 12.1 Å². The van der Waals surface area contributed by atoms with Crippen molar-refractivity contribution in [2.75, 3.05) is 5.32 Å². The minimum absolute atomic E-state index is 0.108. The summed E-state index contributed by atoms with van der Waals surface area (Å²) in [4.78, 5) is 16.9. The molecule has 2 heterocycles. The summed E-state index contributed by atoms with van der Waals surface area (Å²) in [5.74, 6) is -0.164. The highest BCUT2D eigenvalue weighted by Gasteiger charge is 2.12. The molecule has 6 nitrogen and oxygen atoms in total. The molecule has 1 amide bonds. The maximum absolute atomic E-state index is 12.3. The zero-order valence-electron chi connectivity index (χ0n) is 13.1. The van der Waals surface area contributed by atoms with E-state index in [4.69, 9.17) is 0 Å². The standard InChI is InChI=1S/C17H15N5OS/c1-2-11-6-5-9-14-16(11)19-17(24-14)18-15(23)10-22-13-8-4-3-7-12(13)20-21-22/h3-9H,2,10H2,1H3,(H,18,19,23). The normalized spacial score (nSPS) is 11.2. The Labute approximate surface area is 142 Å². The van der Waals surface area contributed by atoms with Crippen LogP contribution < -0.4 is 5.32 Å². The van der Waals surface area contributed by atoms with E-state index in [9.17, 15) is 4.79 Å². The van der Waals surface area contributed by atoms with Crippen molar-refractivity contribution >= 4 is 43.6 Å². The number of aryl methyl sites for hydroxylation is 1. The Kier molecular flexibility index (Phi) is 3.70. The van der Waals surface area contributed by atoms with Crippen LogP contribution in [0.4, 0.5) is 5.13 Å². The van der Waals surface area contributed by atoms with E-state index < -0.39 is 0 Å². The van der Waals surface area contributed by atoms with Crippen molar-refractivity contribution in [2.24, 2.45) is 0 Å². The maximum atomic E-state index is 12.3. The number of hydrogen-bond donors (Lipinski definition) is 1. The van der Waals surface area contributed by atoms with E-state index in [0.717, 1.165) is 27.7 Å². The lowest BCUT2D eigenvalue weighted by Crippen LogP contribution is -2.19. The molecule has 120 valence electrons. The summed E-state index contributed by atoms with van der Waals surface area (Å²) in [7, 11) is 0. The fourth-order valence-corrected chi connectivity index (χ4v) is 3.60. The molecule has 0 aliphatic heterocycles. The second-order valence-corrected chi connectivity index (χ2v) is 6.45. The molecule has 0 fully saturated rings. The Balaban J connectivity index is 1.56. The Bertz CT molecular complexity index is 1040. The van der Waals surface area contributed by atoms with E-state index >= 15 is 0 Å². The molecule has 0 saturated carbocycles. The lowest BCUT2D eigenvalue weighted by Gasteiger charge is -2.02. The number of fused-ring (bicyclic) bond motifs is 2. The highest BCUT2D eigenvalue weighted by Crippen LogP contribution is 2.28. The fraction of sp³-hybridized carbons (Fsp3) is 0.176. The third kappa shape index (κ3) is 2.63. The molecule has 0 radical (unpaired) electrons. The summed E-state index contributed by atoms with van der Waals surface area (Å²) >= 11 is 1.48. The van der Waals surface area contributed by atoms with Crippen molar-refractivity contribution in [3.05, 3.63) is 48.0 Å². The van der Waals surface area contributed by atoms with E-state index in [1.54, 1.807) is 4.68 Å². The monoisotopic (exact) mass is 337 g/mol. The minimum atomic E-state index is -0.164. The van der Waals surface area contributed by atoms with Gasteiger partial charge in [-0.3, -0.25) is 4.79 Å². The SMILES string of the molecule is CCc1cccc2sc(NC(=O)Cn3nnc4ccccc43)nc12. The van der Waals surface area contributed by atoms with Gasteiger partial charge in [0.05, 0.1) is 15.7 Å². The highest BCUT2D eigenvalue weighted by molar-refractivity contribution is 7.22. The van der Waals surface area contributed by atoms with Crippen LogP contribution in [-0.2, 0) is 17.8 Å². The number of anilines is 1. The first-order valence-corrected chi connectivity index (χ1v) is 8.53. The average Bonchev–Trinajstić information content (AvgIpc) is 3.18. The van der Waals surface area contributed by atoms with Crippen LogP contribution in [0.2, 0.25) is 0 Å². The van der Waals surface area contributed by atoms with Crippen LogP contribution >= 0.6 is 11.3 Å². The van der Waals surface area contributed by atoms with Crippen LogP contribution in [-0.4, -0.2) is 25.9 Å². The number of hydrogen-bond acceptors (Lipinski definition) is 5. The van der Waals surface area contributed by atoms with Gasteiger partial charge in [0, 0.05) is 0 Å². The number of amides is 1. The molecule has 0 unspecified atom stereocenters. The van der Waals surface area contributed by atoms with Crippen molar-refractivity contribution in [1.82, 2.24) is 20.0 Å². The molecule has 24 heavy (non-hydrogen) atoms. The molecule has 1 N–H and O–H groups in total. The van der Waals surface area contributed by atoms with Crippen LogP contribution in [0.3, 0.4) is 0 Å². The number of nitrogens with zero attached hydrogens (tertiary/aromatic N) is 4. The van der Waals surface area contributed by atoms with Gasteiger partial charge in [-0.15, -0.1) is 5.10 Å². The van der Waals surface area contributed by atoms with Crippen LogP contribution in [0.15, 0.2) is 42.5 Å². The molecule has 2 aromatic carbocycles. The fourth-order valence-electron chi connectivity index (χ4n) is 2.67. The van der Waals surface area contributed by atoms with Crippen molar-refractivity contribution in [3.8, 4) is 0 Å². The second-order valence-electron chi connectivity index (χ2n) is 5.42. The predicted molar refractivity (Wildman–Crippen MR) is 95.2 cm³/mol. The third-order valence-electron chi connectivity index (χ3n) is 3.84. The molecular weight excluding hydrogens is 322 g/mol. The van der Waals surface area contributed by atoms with Gasteiger partial charge in [0.25, 0.3) is 0 Å². The molecule has 0 aliphatic carbocycles. The first-order chi connectivity index (χ1) is 11.7. The quantitative estimate of drug-likeness (QED) is 0.620. The highest BCUT2D eigenvalue weighted by atomic mass is 32.1. The minimum Gasteiger partial charge on any atom is -0.300 e. The van der Waals surface area contributed by atoms with Gasteiger partial charge in [-0.2, -0.15) is 0 Å². The molecule has 0 saturated heterocycles. The topological polar surface area (TPSA) is 72.7 Å². The molecule has 4 rings (SSSR count). The smallest absolute Gasteiger partial charge is 0.247 e. The summed E-state index contributed by atoms with van der Waals surface area (Å²) in [6.07, 6.45) is 0.916. The molecule has 0 atom stereocenters. The maximum Gasteiger partial charge on any atom is 0.247 e. The molecule has 2 aromatic heterocycles. The van der Waals surface area contributed by atoms with Crippen LogP contribution in [0.1, 0.15) is 12.5 Å². The molecular formula is C17H15N5OS. The Morgan fingerprint density at radius 2 is 2.08 bits per heavy atom. The Hall–Kier alpha value is -2.80. The number of aromatic nitrogens is 4. The van der Waals surface area contributed by atoms with Crippen molar-refractivity contribution in [1.29, 1.82) is 0 Å². The van der Waals surface area contributed by atoms with Gasteiger partial charge in [0.2, 0.25) is 5.91 Å². The number of nitrogens with one attached hydrogen (secondary N) is 1. The summed E-state index contributed by atoms with van der Waals surface area (Å²) in [5.41, 5.74) is 3.76. The number of para-hydroxylation sites is 2. The zero-order valence-corrected chi connectivity index (χ0v) is 13.9. The Morgan fingerprint density at radius 1 is 1.21 bits per heavy atom. The van der Waals surface area contributed by atoms with Gasteiger partial charge in [-0.1, -0.05) is 47.7 Å². The summed E-state index contributed by atoms with van der Waals surface area (Å²) < 4.78 is 2.67. The summed E-state index contributed by atoms with van der Waals surface area (Å²) in [5, 5.41) is 11.6. The number of rotatable bonds is 4. The first kappa shape index (κ1) is 14.8.